The van der Waals surface area contributed by atoms with Gasteiger partial charge in [-0.1, -0.05) is 18.5 Å². The Balaban J connectivity index is 3.02. The van der Waals surface area contributed by atoms with Crippen molar-refractivity contribution < 1.29 is 14.6 Å². The first-order valence-corrected chi connectivity index (χ1v) is 4.54. The molecule has 1 heterocycles. The van der Waals surface area contributed by atoms with Gasteiger partial charge in [0.15, 0.2) is 5.75 Å². The number of aromatic nitrogens is 1. The van der Waals surface area contributed by atoms with Crippen molar-refractivity contribution in [3.8, 4) is 5.75 Å². The molecule has 76 valence electrons. The van der Waals surface area contributed by atoms with E-state index in [4.69, 9.17) is 21.4 Å². The molecule has 0 amide bonds. The standard InChI is InChI=1S/C9H10ClNO3/c1-2-3-14-7-5-11-4-6(10)8(7)9(12)13/h4-5H,2-3H2,1H3,(H,12,13). The smallest absolute Gasteiger partial charge is 0.341 e. The van der Waals surface area contributed by atoms with E-state index in [-0.39, 0.29) is 16.3 Å². The van der Waals surface area contributed by atoms with Crippen molar-refractivity contribution in [2.24, 2.45) is 0 Å². The second-order valence-electron chi connectivity index (χ2n) is 2.65. The van der Waals surface area contributed by atoms with Crippen molar-refractivity contribution in [2.45, 2.75) is 13.3 Å². The SMILES string of the molecule is CCCOc1cncc(Cl)c1C(=O)O. The predicted molar refractivity (Wildman–Crippen MR) is 52.0 cm³/mol. The van der Waals surface area contributed by atoms with E-state index in [1.807, 2.05) is 6.92 Å². The van der Waals surface area contributed by atoms with Crippen LogP contribution in [0.1, 0.15) is 23.7 Å². The molecule has 4 nitrogen and oxygen atoms in total. The fourth-order valence-corrected chi connectivity index (χ4v) is 1.18. The highest BCUT2D eigenvalue weighted by Crippen LogP contribution is 2.24. The van der Waals surface area contributed by atoms with E-state index in [0.29, 0.717) is 6.61 Å². The van der Waals surface area contributed by atoms with E-state index >= 15 is 0 Å². The van der Waals surface area contributed by atoms with E-state index in [2.05, 4.69) is 4.98 Å². The predicted octanol–water partition coefficient (Wildman–Crippen LogP) is 2.22. The Morgan fingerprint density at radius 2 is 2.36 bits per heavy atom. The van der Waals surface area contributed by atoms with Crippen LogP contribution in [0.3, 0.4) is 0 Å². The minimum atomic E-state index is -1.11. The molecular formula is C9H10ClNO3. The lowest BCUT2D eigenvalue weighted by molar-refractivity contribution is 0.0692. The Morgan fingerprint density at radius 3 is 2.93 bits per heavy atom. The van der Waals surface area contributed by atoms with Gasteiger partial charge in [-0.15, -0.1) is 0 Å². The number of rotatable bonds is 4. The fraction of sp³-hybridized carbons (Fsp3) is 0.333. The van der Waals surface area contributed by atoms with Gasteiger partial charge in [-0.3, -0.25) is 4.98 Å². The summed E-state index contributed by atoms with van der Waals surface area (Å²) in [4.78, 5) is 14.6. The number of hydrogen-bond donors (Lipinski definition) is 1. The summed E-state index contributed by atoms with van der Waals surface area (Å²) in [6, 6.07) is 0. The van der Waals surface area contributed by atoms with Crippen molar-refractivity contribution in [3.05, 3.63) is 23.0 Å². The van der Waals surface area contributed by atoms with Gasteiger partial charge < -0.3 is 9.84 Å². The third-order valence-electron chi connectivity index (χ3n) is 1.54. The van der Waals surface area contributed by atoms with E-state index < -0.39 is 5.97 Å². The number of halogens is 1. The Kier molecular flexibility index (Phi) is 3.71. The first-order chi connectivity index (χ1) is 6.66. The molecule has 0 saturated carbocycles. The van der Waals surface area contributed by atoms with Crippen LogP contribution in [0.15, 0.2) is 12.4 Å². The zero-order valence-electron chi connectivity index (χ0n) is 7.66. The maximum Gasteiger partial charge on any atom is 0.341 e. The number of ether oxygens (including phenoxy) is 1. The topological polar surface area (TPSA) is 59.4 Å². The van der Waals surface area contributed by atoms with Gasteiger partial charge in [0.05, 0.1) is 17.8 Å². The van der Waals surface area contributed by atoms with E-state index in [1.165, 1.54) is 12.4 Å². The summed E-state index contributed by atoms with van der Waals surface area (Å²) in [5, 5.41) is 8.94. The summed E-state index contributed by atoms with van der Waals surface area (Å²) in [5.74, 6) is -0.893. The van der Waals surface area contributed by atoms with Crippen LogP contribution in [-0.2, 0) is 0 Å². The fourth-order valence-electron chi connectivity index (χ4n) is 0.946. The molecule has 0 fully saturated rings. The summed E-state index contributed by atoms with van der Waals surface area (Å²) in [5.41, 5.74) is -0.0323. The molecule has 0 unspecified atom stereocenters. The van der Waals surface area contributed by atoms with Gasteiger partial charge in [-0.25, -0.2) is 4.79 Å². The van der Waals surface area contributed by atoms with Gasteiger partial charge in [0, 0.05) is 6.20 Å². The molecule has 0 aliphatic carbocycles. The molecule has 1 rings (SSSR count). The van der Waals surface area contributed by atoms with Crippen molar-refractivity contribution in [1.82, 2.24) is 4.98 Å². The third kappa shape index (κ3) is 2.35. The van der Waals surface area contributed by atoms with Crippen molar-refractivity contribution in [1.29, 1.82) is 0 Å². The molecule has 0 radical (unpaired) electrons. The molecule has 0 aliphatic rings. The zero-order chi connectivity index (χ0) is 10.6. The van der Waals surface area contributed by atoms with Gasteiger partial charge in [-0.2, -0.15) is 0 Å². The lowest BCUT2D eigenvalue weighted by Crippen LogP contribution is -2.05. The second kappa shape index (κ2) is 4.81. The lowest BCUT2D eigenvalue weighted by Gasteiger charge is -2.07. The highest BCUT2D eigenvalue weighted by molar-refractivity contribution is 6.33. The molecule has 1 aromatic heterocycles. The average molecular weight is 216 g/mol. The quantitative estimate of drug-likeness (QED) is 0.837. The number of nitrogens with zero attached hydrogens (tertiary/aromatic N) is 1. The minimum Gasteiger partial charge on any atom is -0.491 e. The van der Waals surface area contributed by atoms with Crippen LogP contribution in [0, 0.1) is 0 Å². The van der Waals surface area contributed by atoms with Crippen LogP contribution in [0.5, 0.6) is 5.75 Å². The number of carbonyl (C=O) groups is 1. The highest BCUT2D eigenvalue weighted by Gasteiger charge is 2.15. The molecule has 0 saturated heterocycles. The third-order valence-corrected chi connectivity index (χ3v) is 1.83. The number of carboxylic acids is 1. The number of aromatic carboxylic acids is 1. The van der Waals surface area contributed by atoms with Gasteiger partial charge >= 0.3 is 5.97 Å². The van der Waals surface area contributed by atoms with Crippen molar-refractivity contribution in [2.75, 3.05) is 6.61 Å². The van der Waals surface area contributed by atoms with Gasteiger partial charge in [0.25, 0.3) is 0 Å². The molecule has 0 bridgehead atoms. The average Bonchev–Trinajstić information content (AvgIpc) is 2.14. The number of carboxylic acid groups (broad SMARTS) is 1. The maximum atomic E-state index is 10.8. The zero-order valence-corrected chi connectivity index (χ0v) is 8.41. The summed E-state index contributed by atoms with van der Waals surface area (Å²) in [6.45, 7) is 2.38. The molecule has 14 heavy (non-hydrogen) atoms. The largest absolute Gasteiger partial charge is 0.491 e. The molecule has 0 aromatic carbocycles. The molecule has 0 spiro atoms. The maximum absolute atomic E-state index is 10.8. The molecular weight excluding hydrogens is 206 g/mol. The summed E-state index contributed by atoms with van der Waals surface area (Å²) in [6.07, 6.45) is 3.43. The highest BCUT2D eigenvalue weighted by atomic mass is 35.5. The molecule has 5 heteroatoms. The monoisotopic (exact) mass is 215 g/mol. The second-order valence-corrected chi connectivity index (χ2v) is 3.06. The summed E-state index contributed by atoms with van der Waals surface area (Å²) in [7, 11) is 0. The van der Waals surface area contributed by atoms with Crippen molar-refractivity contribution in [3.63, 3.8) is 0 Å². The van der Waals surface area contributed by atoms with Gasteiger partial charge in [-0.05, 0) is 6.42 Å². The Morgan fingerprint density at radius 1 is 1.64 bits per heavy atom. The van der Waals surface area contributed by atoms with Crippen molar-refractivity contribution >= 4 is 17.6 Å². The van der Waals surface area contributed by atoms with E-state index in [1.54, 1.807) is 0 Å². The molecule has 0 aliphatic heterocycles. The lowest BCUT2D eigenvalue weighted by atomic mass is 10.2. The molecule has 1 aromatic rings. The first-order valence-electron chi connectivity index (χ1n) is 4.16. The Hall–Kier alpha value is -1.29. The number of pyridine rings is 1. The van der Waals surface area contributed by atoms with Crippen LogP contribution in [0.2, 0.25) is 5.02 Å². The molecule has 0 atom stereocenters. The van der Waals surface area contributed by atoms with E-state index in [9.17, 15) is 4.79 Å². The minimum absolute atomic E-state index is 0.0323. The number of hydrogen-bond acceptors (Lipinski definition) is 3. The first kappa shape index (κ1) is 10.8. The van der Waals surface area contributed by atoms with Crippen LogP contribution < -0.4 is 4.74 Å². The van der Waals surface area contributed by atoms with Gasteiger partial charge in [0.2, 0.25) is 0 Å². The van der Waals surface area contributed by atoms with Crippen LogP contribution in [-0.4, -0.2) is 22.7 Å². The van der Waals surface area contributed by atoms with E-state index in [0.717, 1.165) is 6.42 Å². The van der Waals surface area contributed by atoms with Gasteiger partial charge in [0.1, 0.15) is 5.56 Å². The Labute approximate surface area is 86.5 Å². The van der Waals surface area contributed by atoms with Crippen LogP contribution in [0.4, 0.5) is 0 Å². The Bertz CT molecular complexity index is 341. The van der Waals surface area contributed by atoms with Crippen LogP contribution >= 0.6 is 11.6 Å². The summed E-state index contributed by atoms with van der Waals surface area (Å²) >= 11 is 5.68. The normalized spacial score (nSPS) is 9.86. The summed E-state index contributed by atoms with van der Waals surface area (Å²) < 4.78 is 5.20. The van der Waals surface area contributed by atoms with Crippen LogP contribution in [0.25, 0.3) is 0 Å². The molecule has 1 N–H and O–H groups in total.